The first-order valence-corrected chi connectivity index (χ1v) is 15.0. The van der Waals surface area contributed by atoms with Crippen LogP contribution in [-0.4, -0.2) is 69.7 Å². The highest BCUT2D eigenvalue weighted by Crippen LogP contribution is 2.37. The third-order valence-electron chi connectivity index (χ3n) is 7.87. The molecular formula is C33H43N5O7. The molecule has 12 heteroatoms. The van der Waals surface area contributed by atoms with Crippen molar-refractivity contribution in [2.75, 3.05) is 35.9 Å². The third kappa shape index (κ3) is 8.05. The highest BCUT2D eigenvalue weighted by molar-refractivity contribution is 6.05. The molecule has 2 aromatic carbocycles. The number of amides is 6. The van der Waals surface area contributed by atoms with Crippen LogP contribution in [0.2, 0.25) is 0 Å². The number of nitrogens with one attached hydrogen (secondary N) is 2. The fourth-order valence-electron chi connectivity index (χ4n) is 5.39. The van der Waals surface area contributed by atoms with Crippen molar-refractivity contribution in [3.05, 3.63) is 47.5 Å². The molecule has 2 N–H and O–H groups in total. The second-order valence-corrected chi connectivity index (χ2v) is 11.8. The number of rotatable bonds is 10. The molecule has 242 valence electrons. The van der Waals surface area contributed by atoms with Crippen LogP contribution in [0.1, 0.15) is 76.3 Å². The Morgan fingerprint density at radius 3 is 1.71 bits per heavy atom. The zero-order chi connectivity index (χ0) is 33.4. The van der Waals surface area contributed by atoms with Gasteiger partial charge >= 0.3 is 0 Å². The van der Waals surface area contributed by atoms with E-state index < -0.39 is 23.9 Å². The molecule has 2 atom stereocenters. The third-order valence-corrected chi connectivity index (χ3v) is 7.87. The molecule has 0 aliphatic carbocycles. The van der Waals surface area contributed by atoms with Gasteiger partial charge in [0, 0.05) is 26.9 Å². The van der Waals surface area contributed by atoms with Crippen LogP contribution in [-0.2, 0) is 28.8 Å². The summed E-state index contributed by atoms with van der Waals surface area (Å²) in [5.41, 5.74) is 4.20. The maximum Gasteiger partial charge on any atom is 0.249 e. The van der Waals surface area contributed by atoms with Gasteiger partial charge in [-0.05, 0) is 54.0 Å². The number of methoxy groups -OCH3 is 1. The lowest BCUT2D eigenvalue weighted by Gasteiger charge is -2.32. The number of carbonyl (C=O) groups excluding carboxylic acids is 6. The number of ether oxygens (including phenoxy) is 1. The monoisotopic (exact) mass is 621 g/mol. The van der Waals surface area contributed by atoms with Crippen LogP contribution in [0.25, 0.3) is 0 Å². The summed E-state index contributed by atoms with van der Waals surface area (Å²) in [5, 5.41) is 4.57. The van der Waals surface area contributed by atoms with Gasteiger partial charge in [0.05, 0.1) is 24.2 Å². The molecule has 12 nitrogen and oxygen atoms in total. The maximum atomic E-state index is 12.1. The van der Waals surface area contributed by atoms with Crippen LogP contribution >= 0.6 is 0 Å². The molecular weight excluding hydrogens is 578 g/mol. The van der Waals surface area contributed by atoms with Crippen LogP contribution in [0.15, 0.2) is 36.4 Å². The van der Waals surface area contributed by atoms with Gasteiger partial charge in [0.1, 0.15) is 17.8 Å². The smallest absolute Gasteiger partial charge is 0.249 e. The predicted molar refractivity (Wildman–Crippen MR) is 171 cm³/mol. The largest absolute Gasteiger partial charge is 0.494 e. The zero-order valence-electron chi connectivity index (χ0n) is 27.0. The summed E-state index contributed by atoms with van der Waals surface area (Å²) in [5.74, 6) is -0.330. The molecule has 0 bridgehead atoms. The molecule has 0 radical (unpaired) electrons. The number of para-hydroxylation sites is 1. The van der Waals surface area contributed by atoms with Gasteiger partial charge in [-0.1, -0.05) is 45.9 Å². The van der Waals surface area contributed by atoms with E-state index in [2.05, 4.69) is 24.5 Å². The Labute approximate surface area is 264 Å². The van der Waals surface area contributed by atoms with Gasteiger partial charge < -0.3 is 14.5 Å². The fourth-order valence-corrected chi connectivity index (χ4v) is 5.39. The van der Waals surface area contributed by atoms with E-state index in [1.165, 1.54) is 16.9 Å². The van der Waals surface area contributed by atoms with Crippen molar-refractivity contribution in [2.45, 2.75) is 77.3 Å². The Bertz CT molecular complexity index is 1440. The summed E-state index contributed by atoms with van der Waals surface area (Å²) in [6.07, 6.45) is 2.37. The quantitative estimate of drug-likeness (QED) is 0.304. The van der Waals surface area contributed by atoms with Crippen LogP contribution in [0, 0.1) is 0 Å². The Kier molecular flexibility index (Phi) is 11.8. The van der Waals surface area contributed by atoms with Gasteiger partial charge in [-0.3, -0.25) is 44.3 Å². The highest BCUT2D eigenvalue weighted by atomic mass is 16.5. The van der Waals surface area contributed by atoms with E-state index in [4.69, 9.17) is 4.74 Å². The lowest BCUT2D eigenvalue weighted by Crippen LogP contribution is -2.52. The van der Waals surface area contributed by atoms with E-state index in [1.807, 2.05) is 63.2 Å². The highest BCUT2D eigenvalue weighted by Gasteiger charge is 2.34. The molecule has 2 fully saturated rings. The molecule has 2 aliphatic rings. The van der Waals surface area contributed by atoms with E-state index in [0.29, 0.717) is 48.7 Å². The van der Waals surface area contributed by atoms with E-state index in [9.17, 15) is 28.8 Å². The summed E-state index contributed by atoms with van der Waals surface area (Å²) >= 11 is 0. The molecule has 4 rings (SSSR count). The van der Waals surface area contributed by atoms with Crippen LogP contribution in [0.3, 0.4) is 0 Å². The maximum absolute atomic E-state index is 12.1. The number of benzene rings is 2. The summed E-state index contributed by atoms with van der Waals surface area (Å²) < 4.78 is 5.47. The van der Waals surface area contributed by atoms with Crippen molar-refractivity contribution in [2.24, 2.45) is 0 Å². The summed E-state index contributed by atoms with van der Waals surface area (Å²) in [6, 6.07) is 10.00. The molecule has 2 aliphatic heterocycles. The molecule has 2 saturated heterocycles. The van der Waals surface area contributed by atoms with Crippen LogP contribution in [0.5, 0.6) is 5.75 Å². The zero-order valence-corrected chi connectivity index (χ0v) is 27.0. The van der Waals surface area contributed by atoms with E-state index in [-0.39, 0.29) is 30.6 Å². The second-order valence-electron chi connectivity index (χ2n) is 11.8. The van der Waals surface area contributed by atoms with Crippen molar-refractivity contribution in [3.8, 4) is 5.75 Å². The van der Waals surface area contributed by atoms with Gasteiger partial charge in [0.25, 0.3) is 0 Å². The van der Waals surface area contributed by atoms with Gasteiger partial charge in [-0.2, -0.15) is 0 Å². The topological polar surface area (TPSA) is 145 Å². The van der Waals surface area contributed by atoms with Crippen molar-refractivity contribution in [1.29, 1.82) is 0 Å². The van der Waals surface area contributed by atoms with Crippen molar-refractivity contribution in [3.63, 3.8) is 0 Å². The SMILES string of the molecule is CC(C)c1ccc(N(C=O)C2CCC(=O)NC2=O)c(N(C)C)c1.COc1c(C(C)C)cccc1N(C=O)C1CCC(=O)NC1=O. The lowest BCUT2D eigenvalue weighted by atomic mass is 9.99. The number of carbonyl (C=O) groups is 6. The number of hydrogen-bond donors (Lipinski definition) is 2. The van der Waals surface area contributed by atoms with Crippen molar-refractivity contribution < 1.29 is 33.5 Å². The minimum absolute atomic E-state index is 0.213. The molecule has 2 aromatic rings. The minimum Gasteiger partial charge on any atom is -0.494 e. The average Bonchev–Trinajstić information content (AvgIpc) is 3.00. The summed E-state index contributed by atoms with van der Waals surface area (Å²) in [6.45, 7) is 8.26. The number of nitrogens with zero attached hydrogens (tertiary/aromatic N) is 3. The Morgan fingerprint density at radius 1 is 0.756 bits per heavy atom. The van der Waals surface area contributed by atoms with E-state index in [1.54, 1.807) is 6.07 Å². The molecule has 0 saturated carbocycles. The molecule has 2 heterocycles. The Morgan fingerprint density at radius 2 is 1.29 bits per heavy atom. The second kappa shape index (κ2) is 15.3. The molecule has 6 amide bonds. The molecule has 0 aromatic heterocycles. The first kappa shape index (κ1) is 34.7. The number of hydrogen-bond acceptors (Lipinski definition) is 8. The molecule has 2 unspecified atom stereocenters. The number of anilines is 3. The number of piperidine rings is 2. The minimum atomic E-state index is -0.702. The van der Waals surface area contributed by atoms with Gasteiger partial charge in [-0.25, -0.2) is 0 Å². The Hall–Kier alpha value is -4.74. The average molecular weight is 622 g/mol. The Balaban J connectivity index is 0.000000246. The van der Waals surface area contributed by atoms with Gasteiger partial charge in [0.15, 0.2) is 0 Å². The standard InChI is InChI=1S/C17H23N3O3.C16H20N2O4/c1-11(2)12-5-6-13(15(9-12)19(3)4)20(10-21)14-7-8-16(22)18-17(14)23;1-10(2)11-5-4-6-12(15(11)22-3)18(9-19)13-7-8-14(20)17-16(13)21/h5-6,9-11,14H,7-8H2,1-4H3,(H,18,22,23);4-6,9-10,13H,7-8H2,1-3H3,(H,17,20,21). The summed E-state index contributed by atoms with van der Waals surface area (Å²) in [4.78, 5) is 74.6. The molecule has 45 heavy (non-hydrogen) atoms. The molecule has 0 spiro atoms. The van der Waals surface area contributed by atoms with E-state index >= 15 is 0 Å². The summed E-state index contributed by atoms with van der Waals surface area (Å²) in [7, 11) is 5.34. The van der Waals surface area contributed by atoms with Crippen molar-refractivity contribution in [1.82, 2.24) is 10.6 Å². The van der Waals surface area contributed by atoms with Crippen molar-refractivity contribution >= 4 is 53.5 Å². The predicted octanol–water partition coefficient (Wildman–Crippen LogP) is 3.23. The number of imide groups is 2. The van der Waals surface area contributed by atoms with Crippen LogP contribution in [0.4, 0.5) is 17.1 Å². The first-order chi connectivity index (χ1) is 21.3. The van der Waals surface area contributed by atoms with Crippen LogP contribution < -0.4 is 30.1 Å². The fraction of sp³-hybridized carbons (Fsp3) is 0.455. The normalized spacial score (nSPS) is 18.0. The lowest BCUT2D eigenvalue weighted by molar-refractivity contribution is -0.136. The van der Waals surface area contributed by atoms with Gasteiger partial charge in [0.2, 0.25) is 36.4 Å². The first-order valence-electron chi connectivity index (χ1n) is 15.0. The van der Waals surface area contributed by atoms with Gasteiger partial charge in [-0.15, -0.1) is 0 Å². The van der Waals surface area contributed by atoms with E-state index in [0.717, 1.165) is 16.8 Å².